The third-order valence-electron chi connectivity index (χ3n) is 2.12. The quantitative estimate of drug-likeness (QED) is 0.735. The number of likely N-dealkylation sites (N-methyl/N-ethyl adjacent to an activating group) is 1. The van der Waals surface area contributed by atoms with Gasteiger partial charge in [-0.2, -0.15) is 0 Å². The van der Waals surface area contributed by atoms with Crippen LogP contribution >= 0.6 is 0 Å². The first-order valence-electron chi connectivity index (χ1n) is 4.68. The van der Waals surface area contributed by atoms with Gasteiger partial charge in [0, 0.05) is 25.8 Å². The molecular formula is C10H17N3O. The topological polar surface area (TPSA) is 62.4 Å². The second-order valence-electron chi connectivity index (χ2n) is 3.38. The summed E-state index contributed by atoms with van der Waals surface area (Å²) >= 11 is 0. The Hall–Kier alpha value is -1.13. The Bertz CT molecular complexity index is 288. The van der Waals surface area contributed by atoms with Crippen LogP contribution in [0.2, 0.25) is 0 Å². The predicted octanol–water partition coefficient (Wildman–Crippen LogP) is 0.530. The van der Waals surface area contributed by atoms with Gasteiger partial charge in [0.15, 0.2) is 0 Å². The third-order valence-corrected chi connectivity index (χ3v) is 2.12. The van der Waals surface area contributed by atoms with Crippen LogP contribution in [0.3, 0.4) is 0 Å². The lowest BCUT2D eigenvalue weighted by Gasteiger charge is -2.17. The predicted molar refractivity (Wildman–Crippen MR) is 57.2 cm³/mol. The Morgan fingerprint density at radius 2 is 2.36 bits per heavy atom. The van der Waals surface area contributed by atoms with Crippen molar-refractivity contribution in [2.45, 2.75) is 13.0 Å². The van der Waals surface area contributed by atoms with Gasteiger partial charge in [-0.1, -0.05) is 0 Å². The van der Waals surface area contributed by atoms with Crippen LogP contribution in [0, 0.1) is 0 Å². The second kappa shape index (κ2) is 4.93. The van der Waals surface area contributed by atoms with Gasteiger partial charge < -0.3 is 15.7 Å². The van der Waals surface area contributed by atoms with Gasteiger partial charge in [-0.05, 0) is 24.6 Å². The molecular weight excluding hydrogens is 178 g/mol. The maximum Gasteiger partial charge on any atom is 0.128 e. The van der Waals surface area contributed by atoms with Gasteiger partial charge in [0.05, 0.1) is 6.61 Å². The Morgan fingerprint density at radius 3 is 2.93 bits per heavy atom. The van der Waals surface area contributed by atoms with Crippen LogP contribution in [0.15, 0.2) is 18.3 Å². The molecule has 0 aromatic carbocycles. The lowest BCUT2D eigenvalue weighted by molar-refractivity contribution is 0.304. The van der Waals surface area contributed by atoms with Gasteiger partial charge in [0.1, 0.15) is 5.82 Å². The van der Waals surface area contributed by atoms with E-state index < -0.39 is 0 Å². The molecule has 14 heavy (non-hydrogen) atoms. The highest BCUT2D eigenvalue weighted by Crippen LogP contribution is 2.15. The standard InChI is InChI=1S/C10H17N3O/c1-8(11)9-3-4-12-10(7-9)13(2)5-6-14/h3-4,7-8,14H,5-6,11H2,1-2H3/t8-/m0/s1. The summed E-state index contributed by atoms with van der Waals surface area (Å²) in [5.41, 5.74) is 6.82. The molecule has 1 heterocycles. The molecule has 1 rings (SSSR count). The van der Waals surface area contributed by atoms with Crippen molar-refractivity contribution in [3.63, 3.8) is 0 Å². The highest BCUT2D eigenvalue weighted by molar-refractivity contribution is 5.40. The number of aliphatic hydroxyl groups excluding tert-OH is 1. The van der Waals surface area contributed by atoms with E-state index in [0.29, 0.717) is 6.54 Å². The maximum atomic E-state index is 8.78. The SMILES string of the molecule is C[C@H](N)c1ccnc(N(C)CCO)c1. The molecule has 0 radical (unpaired) electrons. The lowest BCUT2D eigenvalue weighted by atomic mass is 10.1. The minimum atomic E-state index is 0.0132. The lowest BCUT2D eigenvalue weighted by Crippen LogP contribution is -2.22. The molecule has 0 aliphatic rings. The third kappa shape index (κ3) is 2.68. The Morgan fingerprint density at radius 1 is 1.64 bits per heavy atom. The van der Waals surface area contributed by atoms with E-state index in [-0.39, 0.29) is 12.6 Å². The largest absolute Gasteiger partial charge is 0.395 e. The highest BCUT2D eigenvalue weighted by atomic mass is 16.3. The van der Waals surface area contributed by atoms with E-state index in [4.69, 9.17) is 10.8 Å². The number of nitrogens with two attached hydrogens (primary N) is 1. The molecule has 0 aliphatic carbocycles. The van der Waals surface area contributed by atoms with Gasteiger partial charge in [-0.3, -0.25) is 0 Å². The molecule has 4 nitrogen and oxygen atoms in total. The van der Waals surface area contributed by atoms with E-state index in [1.807, 2.05) is 31.0 Å². The molecule has 0 fully saturated rings. The number of pyridine rings is 1. The van der Waals surface area contributed by atoms with Gasteiger partial charge in [0.2, 0.25) is 0 Å². The number of hydrogen-bond donors (Lipinski definition) is 2. The summed E-state index contributed by atoms with van der Waals surface area (Å²) in [6.07, 6.45) is 1.74. The molecule has 0 aliphatic heterocycles. The summed E-state index contributed by atoms with van der Waals surface area (Å²) in [7, 11) is 1.89. The Kier molecular flexibility index (Phi) is 3.85. The highest BCUT2D eigenvalue weighted by Gasteiger charge is 2.04. The molecule has 0 spiro atoms. The van der Waals surface area contributed by atoms with Crippen molar-refractivity contribution >= 4 is 5.82 Å². The average molecular weight is 195 g/mol. The van der Waals surface area contributed by atoms with Crippen LogP contribution in [-0.2, 0) is 0 Å². The van der Waals surface area contributed by atoms with E-state index >= 15 is 0 Å². The van der Waals surface area contributed by atoms with E-state index in [0.717, 1.165) is 11.4 Å². The summed E-state index contributed by atoms with van der Waals surface area (Å²) in [4.78, 5) is 6.09. The van der Waals surface area contributed by atoms with Crippen molar-refractivity contribution in [1.82, 2.24) is 4.98 Å². The molecule has 1 atom stereocenters. The first kappa shape index (κ1) is 10.9. The molecule has 1 aromatic rings. The van der Waals surface area contributed by atoms with Crippen molar-refractivity contribution < 1.29 is 5.11 Å². The fourth-order valence-electron chi connectivity index (χ4n) is 1.19. The van der Waals surface area contributed by atoms with Gasteiger partial charge in [-0.25, -0.2) is 4.98 Å². The zero-order valence-corrected chi connectivity index (χ0v) is 8.64. The molecule has 4 heteroatoms. The van der Waals surface area contributed by atoms with Gasteiger partial charge >= 0.3 is 0 Å². The summed E-state index contributed by atoms with van der Waals surface area (Å²) in [6.45, 7) is 2.64. The van der Waals surface area contributed by atoms with Crippen molar-refractivity contribution in [2.75, 3.05) is 25.1 Å². The van der Waals surface area contributed by atoms with Crippen molar-refractivity contribution in [3.8, 4) is 0 Å². The zero-order valence-electron chi connectivity index (χ0n) is 8.64. The monoisotopic (exact) mass is 195 g/mol. The first-order valence-corrected chi connectivity index (χ1v) is 4.68. The van der Waals surface area contributed by atoms with E-state index in [1.54, 1.807) is 6.20 Å². The number of anilines is 1. The van der Waals surface area contributed by atoms with Crippen LogP contribution in [0.25, 0.3) is 0 Å². The Labute approximate surface area is 84.4 Å². The summed E-state index contributed by atoms with van der Waals surface area (Å²) < 4.78 is 0. The summed E-state index contributed by atoms with van der Waals surface area (Å²) in [5.74, 6) is 0.842. The van der Waals surface area contributed by atoms with Gasteiger partial charge in [-0.15, -0.1) is 0 Å². The molecule has 0 saturated heterocycles. The molecule has 0 amide bonds. The van der Waals surface area contributed by atoms with Crippen LogP contribution in [-0.4, -0.2) is 30.3 Å². The van der Waals surface area contributed by atoms with Crippen molar-refractivity contribution in [2.24, 2.45) is 5.73 Å². The maximum absolute atomic E-state index is 8.78. The first-order chi connectivity index (χ1) is 6.65. The fraction of sp³-hybridized carbons (Fsp3) is 0.500. The van der Waals surface area contributed by atoms with Crippen LogP contribution in [0.5, 0.6) is 0 Å². The fourth-order valence-corrected chi connectivity index (χ4v) is 1.19. The molecule has 0 bridgehead atoms. The normalized spacial score (nSPS) is 12.6. The minimum absolute atomic E-state index is 0.0132. The summed E-state index contributed by atoms with van der Waals surface area (Å²) in [5, 5.41) is 8.78. The van der Waals surface area contributed by atoms with Crippen LogP contribution in [0.1, 0.15) is 18.5 Å². The van der Waals surface area contributed by atoms with E-state index in [9.17, 15) is 0 Å². The molecule has 1 aromatic heterocycles. The number of nitrogens with zero attached hydrogens (tertiary/aromatic N) is 2. The Balaban J connectivity index is 2.82. The molecule has 3 N–H and O–H groups in total. The van der Waals surface area contributed by atoms with Gasteiger partial charge in [0.25, 0.3) is 0 Å². The zero-order chi connectivity index (χ0) is 10.6. The number of aliphatic hydroxyl groups is 1. The molecule has 0 unspecified atom stereocenters. The van der Waals surface area contributed by atoms with E-state index in [2.05, 4.69) is 4.98 Å². The minimum Gasteiger partial charge on any atom is -0.395 e. The number of hydrogen-bond acceptors (Lipinski definition) is 4. The van der Waals surface area contributed by atoms with E-state index in [1.165, 1.54) is 0 Å². The van der Waals surface area contributed by atoms with Crippen LogP contribution in [0.4, 0.5) is 5.82 Å². The second-order valence-corrected chi connectivity index (χ2v) is 3.38. The average Bonchev–Trinajstić information content (AvgIpc) is 2.18. The molecule has 0 saturated carbocycles. The van der Waals surface area contributed by atoms with Crippen LogP contribution < -0.4 is 10.6 Å². The smallest absolute Gasteiger partial charge is 0.128 e. The van der Waals surface area contributed by atoms with Crippen molar-refractivity contribution in [3.05, 3.63) is 23.9 Å². The summed E-state index contributed by atoms with van der Waals surface area (Å²) in [6, 6.07) is 3.86. The molecule has 78 valence electrons. The number of aromatic nitrogens is 1. The van der Waals surface area contributed by atoms with Crippen molar-refractivity contribution in [1.29, 1.82) is 0 Å². The number of rotatable bonds is 4.